The third kappa shape index (κ3) is 6.93. The summed E-state index contributed by atoms with van der Waals surface area (Å²) < 4.78 is 7.41. The van der Waals surface area contributed by atoms with Crippen LogP contribution in [0.4, 0.5) is 0 Å². The minimum absolute atomic E-state index is 0.376. The fraction of sp³-hybridized carbons (Fsp3) is 0.545. The molecule has 0 N–H and O–H groups in total. The summed E-state index contributed by atoms with van der Waals surface area (Å²) in [5.74, 6) is 1.64. The minimum Gasteiger partial charge on any atom is -0.297 e. The van der Waals surface area contributed by atoms with E-state index in [9.17, 15) is 0 Å². The van der Waals surface area contributed by atoms with Crippen molar-refractivity contribution in [3.8, 4) is 11.4 Å². The predicted octanol–water partition coefficient (Wildman–Crippen LogP) is 11.8. The molecule has 0 aliphatic heterocycles. The van der Waals surface area contributed by atoms with Crippen LogP contribution in [0.15, 0.2) is 48.8 Å². The minimum atomic E-state index is -0.950. The molecule has 0 fully saturated rings. The standard InChI is InChI=1S/C33H50ClN3P2/c1-21(2)27-15-13-16-28(22(3)4)31(27)35-19-20-36(33(35)38-39(34)37(25(9)10)26(11)12)32-29(23(5)6)17-14-18-30(32)24(7)8/h13-26H,1-12H3/t39-/m0/s1. The van der Waals surface area contributed by atoms with Gasteiger partial charge in [-0.05, 0) is 73.6 Å². The molecule has 0 aliphatic rings. The van der Waals surface area contributed by atoms with Crippen LogP contribution in [-0.2, 0) is 0 Å². The van der Waals surface area contributed by atoms with Crippen molar-refractivity contribution in [3.05, 3.63) is 76.2 Å². The van der Waals surface area contributed by atoms with Crippen LogP contribution in [0.1, 0.15) is 129 Å². The molecule has 214 valence electrons. The van der Waals surface area contributed by atoms with Crippen LogP contribution in [0, 0.1) is 5.20 Å². The monoisotopic (exact) mass is 585 g/mol. The number of imidazole rings is 1. The molecule has 0 spiro atoms. The fourth-order valence-electron chi connectivity index (χ4n) is 5.51. The molecule has 1 atom stereocenters. The summed E-state index contributed by atoms with van der Waals surface area (Å²) in [4.78, 5) is 0. The molecular formula is C33H50ClN3P2. The van der Waals surface area contributed by atoms with Crippen LogP contribution in [0.5, 0.6) is 0 Å². The number of hydrogen-bond donors (Lipinski definition) is 0. The summed E-state index contributed by atoms with van der Waals surface area (Å²) in [6, 6.07) is 14.4. The van der Waals surface area contributed by atoms with Crippen molar-refractivity contribution in [3.63, 3.8) is 0 Å². The Morgan fingerprint density at radius 1 is 0.590 bits per heavy atom. The van der Waals surface area contributed by atoms with E-state index in [2.05, 4.69) is 146 Å². The first-order valence-corrected chi connectivity index (χ1v) is 18.4. The number of rotatable bonds is 10. The Balaban J connectivity index is 2.53. The molecule has 0 saturated heterocycles. The number of halogens is 1. The van der Waals surface area contributed by atoms with Crippen molar-refractivity contribution in [2.24, 2.45) is 0 Å². The molecule has 6 heteroatoms. The van der Waals surface area contributed by atoms with Crippen molar-refractivity contribution >= 4 is 26.2 Å². The number of nitrogens with zero attached hydrogens (tertiary/aromatic N) is 3. The molecule has 0 bridgehead atoms. The Morgan fingerprint density at radius 2 is 0.897 bits per heavy atom. The molecular weight excluding hydrogens is 536 g/mol. The first kappa shape index (κ1) is 32.1. The van der Waals surface area contributed by atoms with Crippen LogP contribution >= 0.6 is 26.2 Å². The van der Waals surface area contributed by atoms with E-state index in [-0.39, 0.29) is 0 Å². The van der Waals surface area contributed by atoms with E-state index in [4.69, 9.17) is 11.2 Å². The van der Waals surface area contributed by atoms with Gasteiger partial charge in [-0.3, -0.25) is 13.8 Å². The topological polar surface area (TPSA) is 13.1 Å². The molecule has 3 rings (SSSR count). The molecule has 1 heterocycles. The lowest BCUT2D eigenvalue weighted by Crippen LogP contribution is -2.30. The molecule has 1 aromatic heterocycles. The third-order valence-electron chi connectivity index (χ3n) is 7.38. The second kappa shape index (κ2) is 13.5. The van der Waals surface area contributed by atoms with Gasteiger partial charge in [0.2, 0.25) is 0 Å². The lowest BCUT2D eigenvalue weighted by Gasteiger charge is -2.32. The Labute approximate surface area is 245 Å². The van der Waals surface area contributed by atoms with Gasteiger partial charge in [-0.25, -0.2) is 0 Å². The lowest BCUT2D eigenvalue weighted by atomic mass is 9.92. The summed E-state index contributed by atoms with van der Waals surface area (Å²) in [7, 11) is 0.190. The zero-order valence-electron chi connectivity index (χ0n) is 26.2. The summed E-state index contributed by atoms with van der Waals surface area (Å²) >= 11 is 7.41. The predicted molar refractivity (Wildman–Crippen MR) is 176 cm³/mol. The van der Waals surface area contributed by atoms with Crippen molar-refractivity contribution in [1.29, 1.82) is 0 Å². The van der Waals surface area contributed by atoms with Gasteiger partial charge in [-0.15, -0.1) is 0 Å². The summed E-state index contributed by atoms with van der Waals surface area (Å²) in [6.07, 6.45) is 4.57. The van der Waals surface area contributed by atoms with Gasteiger partial charge in [0.05, 0.1) is 11.4 Å². The number of hydrogen-bond acceptors (Lipinski definition) is 1. The van der Waals surface area contributed by atoms with Crippen LogP contribution < -0.4 is 0 Å². The number of para-hydroxylation sites is 2. The van der Waals surface area contributed by atoms with Gasteiger partial charge in [-0.1, -0.05) is 103 Å². The highest BCUT2D eigenvalue weighted by Gasteiger charge is 2.25. The first-order valence-electron chi connectivity index (χ1n) is 14.6. The zero-order valence-corrected chi connectivity index (χ0v) is 28.7. The maximum Gasteiger partial charge on any atom is 0.152 e. The molecule has 0 aliphatic carbocycles. The summed E-state index contributed by atoms with van der Waals surface area (Å²) in [5.41, 5.74) is 8.15. The Morgan fingerprint density at radius 3 is 1.15 bits per heavy atom. The first-order chi connectivity index (χ1) is 18.3. The Bertz CT molecular complexity index is 1170. The van der Waals surface area contributed by atoms with Crippen molar-refractivity contribution in [2.75, 3.05) is 0 Å². The van der Waals surface area contributed by atoms with E-state index in [0.29, 0.717) is 35.8 Å². The van der Waals surface area contributed by atoms with E-state index in [1.807, 2.05) is 0 Å². The molecule has 0 unspecified atom stereocenters. The molecule has 0 radical (unpaired) electrons. The molecule has 3 nitrogen and oxygen atoms in total. The molecule has 3 aromatic rings. The molecule has 0 saturated carbocycles. The van der Waals surface area contributed by atoms with E-state index in [1.165, 1.54) is 38.8 Å². The van der Waals surface area contributed by atoms with E-state index >= 15 is 0 Å². The molecule has 2 aromatic carbocycles. The van der Waals surface area contributed by atoms with Gasteiger partial charge in [0, 0.05) is 32.4 Å². The van der Waals surface area contributed by atoms with Gasteiger partial charge < -0.3 is 0 Å². The maximum atomic E-state index is 7.41. The van der Waals surface area contributed by atoms with Crippen LogP contribution in [0.25, 0.3) is 11.4 Å². The van der Waals surface area contributed by atoms with Crippen molar-refractivity contribution < 1.29 is 0 Å². The van der Waals surface area contributed by atoms with Crippen molar-refractivity contribution in [2.45, 2.75) is 119 Å². The van der Waals surface area contributed by atoms with Gasteiger partial charge >= 0.3 is 0 Å². The molecule has 0 amide bonds. The average Bonchev–Trinajstić information content (AvgIpc) is 3.24. The van der Waals surface area contributed by atoms with E-state index in [0.717, 1.165) is 7.89 Å². The van der Waals surface area contributed by atoms with Gasteiger partial charge in [-0.2, -0.15) is 0 Å². The highest BCUT2D eigenvalue weighted by molar-refractivity contribution is 8.29. The van der Waals surface area contributed by atoms with Crippen LogP contribution in [0.2, 0.25) is 0 Å². The normalized spacial score (nSPS) is 13.4. The quantitative estimate of drug-likeness (QED) is 0.216. The second-order valence-corrected chi connectivity index (χ2v) is 17.4. The van der Waals surface area contributed by atoms with Gasteiger partial charge in [0.25, 0.3) is 0 Å². The Hall–Kier alpha value is -1.37. The molecule has 39 heavy (non-hydrogen) atoms. The largest absolute Gasteiger partial charge is 0.297 e. The summed E-state index contributed by atoms with van der Waals surface area (Å²) in [6.45, 7) is 27.5. The van der Waals surface area contributed by atoms with Crippen LogP contribution in [0.3, 0.4) is 0 Å². The highest BCUT2D eigenvalue weighted by Crippen LogP contribution is 2.61. The van der Waals surface area contributed by atoms with Gasteiger partial charge in [0.1, 0.15) is 7.11 Å². The van der Waals surface area contributed by atoms with E-state index < -0.39 is 7.11 Å². The zero-order chi connectivity index (χ0) is 29.2. The third-order valence-corrected chi connectivity index (χ3v) is 12.3. The second-order valence-electron chi connectivity index (χ2n) is 12.4. The smallest absolute Gasteiger partial charge is 0.152 e. The van der Waals surface area contributed by atoms with Gasteiger partial charge in [0.15, 0.2) is 5.20 Å². The highest BCUT2D eigenvalue weighted by atomic mass is 35.7. The maximum absolute atomic E-state index is 7.41. The SMILES string of the molecule is CC(C)c1cccc(C(C)C)c1-n1ccn(-c2c(C(C)C)cccc2C(C)C)c1=P[P@@](Cl)N(C(C)C)C(C)C. The summed E-state index contributed by atoms with van der Waals surface area (Å²) in [5, 5.41) is 1.23. The fourth-order valence-corrected chi connectivity index (χ4v) is 11.3. The number of aromatic nitrogens is 2. The van der Waals surface area contributed by atoms with Crippen molar-refractivity contribution in [1.82, 2.24) is 13.8 Å². The average molecular weight is 586 g/mol. The number of benzene rings is 2. The lowest BCUT2D eigenvalue weighted by molar-refractivity contribution is 0.331. The Kier molecular flexibility index (Phi) is 11.2. The van der Waals surface area contributed by atoms with E-state index in [1.54, 1.807) is 0 Å². The van der Waals surface area contributed by atoms with Crippen LogP contribution in [-0.4, -0.2) is 25.9 Å².